The molecule has 1 aromatic heterocycles. The number of nitriles is 1. The molecule has 0 unspecified atom stereocenters. The van der Waals surface area contributed by atoms with Crippen molar-refractivity contribution >= 4 is 22.8 Å². The molecule has 3 aromatic rings. The second-order valence-electron chi connectivity index (χ2n) is 4.77. The van der Waals surface area contributed by atoms with E-state index >= 15 is 0 Å². The van der Waals surface area contributed by atoms with Crippen LogP contribution in [0.3, 0.4) is 0 Å². The number of carbonyl (C=O) groups excluding carboxylic acids is 1. The Bertz CT molecular complexity index is 931. The van der Waals surface area contributed by atoms with Crippen LogP contribution in [0.2, 0.25) is 0 Å². The van der Waals surface area contributed by atoms with Crippen LogP contribution < -0.4 is 0 Å². The highest BCUT2D eigenvalue weighted by Crippen LogP contribution is 2.22. The topological polar surface area (TPSA) is 56.6 Å². The molecule has 2 aromatic carbocycles. The number of halogens is 1. The molecule has 0 saturated carbocycles. The van der Waals surface area contributed by atoms with Gasteiger partial charge < -0.3 is 4.98 Å². The lowest BCUT2D eigenvalue weighted by atomic mass is 10.0. The van der Waals surface area contributed by atoms with Gasteiger partial charge in [0, 0.05) is 28.2 Å². The van der Waals surface area contributed by atoms with Crippen LogP contribution in [0.5, 0.6) is 0 Å². The summed E-state index contributed by atoms with van der Waals surface area (Å²) in [5.74, 6) is -0.898. The summed E-state index contributed by atoms with van der Waals surface area (Å²) in [4.78, 5) is 15.5. The van der Waals surface area contributed by atoms with E-state index in [-0.39, 0.29) is 11.1 Å². The van der Waals surface area contributed by atoms with Gasteiger partial charge in [0.25, 0.3) is 0 Å². The standard InChI is InChI=1S/C18H11FN2O/c19-16-7-3-1-5-12(16)9-13(10-20)18(22)15-11-21-17-8-4-2-6-14(15)17/h1-9,11,21H/b13-9+. The van der Waals surface area contributed by atoms with E-state index < -0.39 is 11.6 Å². The Morgan fingerprint density at radius 3 is 2.64 bits per heavy atom. The molecule has 0 atom stereocenters. The van der Waals surface area contributed by atoms with E-state index in [9.17, 15) is 14.4 Å². The molecular formula is C18H11FN2O. The number of hydrogen-bond acceptors (Lipinski definition) is 2. The van der Waals surface area contributed by atoms with Crippen LogP contribution in [-0.4, -0.2) is 10.8 Å². The minimum Gasteiger partial charge on any atom is -0.360 e. The number of carbonyl (C=O) groups is 1. The number of nitrogens with zero attached hydrogens (tertiary/aromatic N) is 1. The summed E-state index contributed by atoms with van der Waals surface area (Å²) in [6.07, 6.45) is 2.85. The number of allylic oxidation sites excluding steroid dienone is 1. The number of nitrogens with one attached hydrogen (secondary N) is 1. The monoisotopic (exact) mass is 290 g/mol. The number of para-hydroxylation sites is 1. The summed E-state index contributed by atoms with van der Waals surface area (Å²) in [5, 5.41) is 9.99. The van der Waals surface area contributed by atoms with Crippen LogP contribution in [-0.2, 0) is 0 Å². The molecule has 3 nitrogen and oxygen atoms in total. The molecule has 0 amide bonds. The fraction of sp³-hybridized carbons (Fsp3) is 0. The number of Topliss-reactive ketones (excluding diaryl/α,β-unsaturated/α-hetero) is 1. The number of aromatic amines is 1. The van der Waals surface area contributed by atoms with E-state index in [0.717, 1.165) is 10.9 Å². The summed E-state index contributed by atoms with van der Waals surface area (Å²) in [5.41, 5.74) is 1.33. The lowest BCUT2D eigenvalue weighted by molar-refractivity contribution is 0.104. The van der Waals surface area contributed by atoms with E-state index in [1.807, 2.05) is 24.3 Å². The van der Waals surface area contributed by atoms with E-state index in [1.54, 1.807) is 24.4 Å². The maximum absolute atomic E-state index is 13.7. The normalized spacial score (nSPS) is 11.4. The molecule has 0 aliphatic carbocycles. The van der Waals surface area contributed by atoms with Crippen molar-refractivity contribution in [3.8, 4) is 6.07 Å². The van der Waals surface area contributed by atoms with Crippen LogP contribution in [0, 0.1) is 17.1 Å². The average molecular weight is 290 g/mol. The molecule has 0 spiro atoms. The van der Waals surface area contributed by atoms with Gasteiger partial charge in [0.15, 0.2) is 0 Å². The quantitative estimate of drug-likeness (QED) is 0.448. The highest BCUT2D eigenvalue weighted by Gasteiger charge is 2.16. The van der Waals surface area contributed by atoms with Crippen molar-refractivity contribution in [1.29, 1.82) is 5.26 Å². The fourth-order valence-electron chi connectivity index (χ4n) is 2.30. The summed E-state index contributed by atoms with van der Waals surface area (Å²) in [7, 11) is 0. The molecule has 0 aliphatic rings. The van der Waals surface area contributed by atoms with Crippen molar-refractivity contribution in [3.05, 3.63) is 77.2 Å². The fourth-order valence-corrected chi connectivity index (χ4v) is 2.30. The maximum Gasteiger partial charge on any atom is 0.205 e. The van der Waals surface area contributed by atoms with Crippen molar-refractivity contribution in [2.75, 3.05) is 0 Å². The number of H-pyrrole nitrogens is 1. The van der Waals surface area contributed by atoms with Gasteiger partial charge in [0.1, 0.15) is 17.5 Å². The van der Waals surface area contributed by atoms with E-state index in [0.29, 0.717) is 5.56 Å². The number of ketones is 1. The van der Waals surface area contributed by atoms with E-state index in [2.05, 4.69) is 4.98 Å². The zero-order valence-electron chi connectivity index (χ0n) is 11.5. The van der Waals surface area contributed by atoms with Gasteiger partial charge in [-0.15, -0.1) is 0 Å². The van der Waals surface area contributed by atoms with Gasteiger partial charge in [-0.1, -0.05) is 36.4 Å². The highest BCUT2D eigenvalue weighted by molar-refractivity contribution is 6.19. The van der Waals surface area contributed by atoms with Crippen molar-refractivity contribution in [2.45, 2.75) is 0 Å². The van der Waals surface area contributed by atoms with Gasteiger partial charge >= 0.3 is 0 Å². The third-order valence-corrected chi connectivity index (χ3v) is 3.40. The molecular weight excluding hydrogens is 279 g/mol. The molecule has 106 valence electrons. The van der Waals surface area contributed by atoms with Gasteiger partial charge in [0.2, 0.25) is 5.78 Å². The van der Waals surface area contributed by atoms with Gasteiger partial charge in [-0.25, -0.2) is 4.39 Å². The summed E-state index contributed by atoms with van der Waals surface area (Å²) >= 11 is 0. The first-order valence-corrected chi connectivity index (χ1v) is 6.68. The minimum atomic E-state index is -0.470. The Morgan fingerprint density at radius 1 is 1.14 bits per heavy atom. The Kier molecular flexibility index (Phi) is 3.55. The zero-order chi connectivity index (χ0) is 15.5. The van der Waals surface area contributed by atoms with Crippen molar-refractivity contribution in [1.82, 2.24) is 4.98 Å². The summed E-state index contributed by atoms with van der Waals surface area (Å²) in [6.45, 7) is 0. The van der Waals surface area contributed by atoms with Crippen LogP contribution >= 0.6 is 0 Å². The smallest absolute Gasteiger partial charge is 0.205 e. The third-order valence-electron chi connectivity index (χ3n) is 3.40. The van der Waals surface area contributed by atoms with Gasteiger partial charge in [-0.05, 0) is 18.2 Å². The zero-order valence-corrected chi connectivity index (χ0v) is 11.5. The Morgan fingerprint density at radius 2 is 1.86 bits per heavy atom. The average Bonchev–Trinajstić information content (AvgIpc) is 2.97. The van der Waals surface area contributed by atoms with Crippen molar-refractivity contribution in [3.63, 3.8) is 0 Å². The Labute approximate surface area is 126 Å². The van der Waals surface area contributed by atoms with E-state index in [4.69, 9.17) is 0 Å². The molecule has 1 N–H and O–H groups in total. The summed E-state index contributed by atoms with van der Waals surface area (Å²) in [6, 6.07) is 15.2. The van der Waals surface area contributed by atoms with Crippen molar-refractivity contribution in [2.24, 2.45) is 0 Å². The number of benzene rings is 2. The molecule has 0 bridgehead atoms. The first kappa shape index (κ1) is 13.8. The number of fused-ring (bicyclic) bond motifs is 1. The van der Waals surface area contributed by atoms with Gasteiger partial charge in [-0.3, -0.25) is 4.79 Å². The first-order chi connectivity index (χ1) is 10.7. The second kappa shape index (κ2) is 5.66. The third kappa shape index (κ3) is 2.40. The largest absolute Gasteiger partial charge is 0.360 e. The molecule has 0 fully saturated rings. The van der Waals surface area contributed by atoms with Crippen LogP contribution in [0.25, 0.3) is 17.0 Å². The van der Waals surface area contributed by atoms with Crippen LogP contribution in [0.4, 0.5) is 4.39 Å². The second-order valence-corrected chi connectivity index (χ2v) is 4.77. The molecule has 4 heteroatoms. The predicted molar refractivity (Wildman–Crippen MR) is 82.6 cm³/mol. The SMILES string of the molecule is N#C/C(=C\c1ccccc1F)C(=O)c1c[nH]c2ccccc12. The molecule has 1 heterocycles. The van der Waals surface area contributed by atoms with E-state index in [1.165, 1.54) is 18.2 Å². The summed E-state index contributed by atoms with van der Waals surface area (Å²) < 4.78 is 13.7. The van der Waals surface area contributed by atoms with Gasteiger partial charge in [-0.2, -0.15) is 5.26 Å². The molecule has 0 radical (unpaired) electrons. The lowest BCUT2D eigenvalue weighted by Gasteiger charge is -2.00. The maximum atomic E-state index is 13.7. The first-order valence-electron chi connectivity index (χ1n) is 6.68. The van der Waals surface area contributed by atoms with Crippen LogP contribution in [0.1, 0.15) is 15.9 Å². The lowest BCUT2D eigenvalue weighted by Crippen LogP contribution is -2.01. The molecule has 0 aliphatic heterocycles. The molecule has 3 rings (SSSR count). The van der Waals surface area contributed by atoms with Gasteiger partial charge in [0.05, 0.1) is 0 Å². The highest BCUT2D eigenvalue weighted by atomic mass is 19.1. The number of hydrogen-bond donors (Lipinski definition) is 1. The number of aromatic nitrogens is 1. The van der Waals surface area contributed by atoms with Crippen LogP contribution in [0.15, 0.2) is 60.3 Å². The number of rotatable bonds is 3. The predicted octanol–water partition coefficient (Wildman–Crippen LogP) is 4.10. The molecule has 22 heavy (non-hydrogen) atoms. The van der Waals surface area contributed by atoms with Crippen molar-refractivity contribution < 1.29 is 9.18 Å². The minimum absolute atomic E-state index is 0.102. The Hall–Kier alpha value is -3.19. The molecule has 0 saturated heterocycles. The Balaban J connectivity index is 2.06.